The Labute approximate surface area is 235 Å². The molecule has 7 rings (SSSR count). The van der Waals surface area contributed by atoms with Gasteiger partial charge in [0.2, 0.25) is 6.79 Å². The quantitative estimate of drug-likeness (QED) is 0.287. The van der Waals surface area contributed by atoms with Crippen LogP contribution in [0.4, 0.5) is 0 Å². The van der Waals surface area contributed by atoms with Gasteiger partial charge in [-0.3, -0.25) is 9.78 Å². The van der Waals surface area contributed by atoms with Crippen LogP contribution in [0, 0.1) is 0 Å². The first-order chi connectivity index (χ1) is 19.7. The van der Waals surface area contributed by atoms with Crippen molar-refractivity contribution in [1.29, 1.82) is 0 Å². The van der Waals surface area contributed by atoms with Gasteiger partial charge in [-0.1, -0.05) is 42.5 Å². The zero-order chi connectivity index (χ0) is 26.9. The van der Waals surface area contributed by atoms with Gasteiger partial charge in [-0.2, -0.15) is 0 Å². The molecule has 0 spiro atoms. The van der Waals surface area contributed by atoms with E-state index in [0.29, 0.717) is 0 Å². The summed E-state index contributed by atoms with van der Waals surface area (Å²) in [5.74, 6) is 1.66. The first kappa shape index (κ1) is 25.1. The predicted octanol–water partition coefficient (Wildman–Crippen LogP) is 6.12. The monoisotopic (exact) mass is 533 g/mol. The van der Waals surface area contributed by atoms with E-state index in [0.717, 1.165) is 96.6 Å². The molecule has 204 valence electrons. The number of hydrogen-bond donors (Lipinski definition) is 0. The molecule has 4 aromatic rings. The van der Waals surface area contributed by atoms with E-state index in [4.69, 9.17) is 14.5 Å². The molecular weight excluding hydrogens is 498 g/mol. The molecule has 0 radical (unpaired) electrons. The third kappa shape index (κ3) is 5.04. The SMILES string of the molecule is O=C(c1cc(CCc2ccccc2)nc2ccc(-c3ccc4c(c3)OCO4)cc12)N1CCC[C@H]1CN1CCCC1. The van der Waals surface area contributed by atoms with Crippen molar-refractivity contribution in [2.75, 3.05) is 33.0 Å². The minimum absolute atomic E-state index is 0.137. The van der Waals surface area contributed by atoms with Crippen molar-refractivity contribution in [3.05, 3.63) is 89.6 Å². The Morgan fingerprint density at radius 1 is 0.825 bits per heavy atom. The van der Waals surface area contributed by atoms with E-state index in [1.165, 1.54) is 18.4 Å². The number of amides is 1. The lowest BCUT2D eigenvalue weighted by Gasteiger charge is -2.29. The highest BCUT2D eigenvalue weighted by Gasteiger charge is 2.32. The molecule has 1 aromatic heterocycles. The van der Waals surface area contributed by atoms with Crippen molar-refractivity contribution >= 4 is 16.8 Å². The molecule has 0 saturated carbocycles. The summed E-state index contributed by atoms with van der Waals surface area (Å²) in [5, 5.41) is 0.912. The van der Waals surface area contributed by atoms with E-state index in [1.54, 1.807) is 0 Å². The van der Waals surface area contributed by atoms with Gasteiger partial charge in [-0.05, 0) is 98.6 Å². The van der Waals surface area contributed by atoms with Crippen LogP contribution in [0.15, 0.2) is 72.8 Å². The molecule has 0 N–H and O–H groups in total. The van der Waals surface area contributed by atoms with Gasteiger partial charge in [0.25, 0.3) is 5.91 Å². The lowest BCUT2D eigenvalue weighted by Crippen LogP contribution is -2.42. The van der Waals surface area contributed by atoms with Gasteiger partial charge < -0.3 is 19.3 Å². The van der Waals surface area contributed by atoms with E-state index in [1.807, 2.05) is 24.3 Å². The van der Waals surface area contributed by atoms with Gasteiger partial charge in [0.15, 0.2) is 11.5 Å². The number of rotatable bonds is 7. The smallest absolute Gasteiger partial charge is 0.254 e. The van der Waals surface area contributed by atoms with Crippen molar-refractivity contribution in [3.8, 4) is 22.6 Å². The number of likely N-dealkylation sites (tertiary alicyclic amines) is 2. The summed E-state index contributed by atoms with van der Waals surface area (Å²) in [6, 6.07) is 25.1. The third-order valence-electron chi connectivity index (χ3n) is 8.62. The molecule has 0 bridgehead atoms. The Hall–Kier alpha value is -3.90. The van der Waals surface area contributed by atoms with Crippen molar-refractivity contribution in [1.82, 2.24) is 14.8 Å². The number of carbonyl (C=O) groups excluding carboxylic acids is 1. The number of hydrogen-bond acceptors (Lipinski definition) is 5. The summed E-state index contributed by atoms with van der Waals surface area (Å²) in [6.45, 7) is 4.36. The number of aryl methyl sites for hydroxylation is 2. The fraction of sp³-hybridized carbons (Fsp3) is 0.353. The highest BCUT2D eigenvalue weighted by Crippen LogP contribution is 2.37. The van der Waals surface area contributed by atoms with Crippen LogP contribution in [0.3, 0.4) is 0 Å². The van der Waals surface area contributed by atoms with Gasteiger partial charge in [-0.15, -0.1) is 0 Å². The summed E-state index contributed by atoms with van der Waals surface area (Å²) >= 11 is 0. The maximum Gasteiger partial charge on any atom is 0.254 e. The number of ether oxygens (including phenoxy) is 2. The average molecular weight is 534 g/mol. The van der Waals surface area contributed by atoms with Crippen LogP contribution in [-0.2, 0) is 12.8 Å². The van der Waals surface area contributed by atoms with Crippen molar-refractivity contribution in [2.24, 2.45) is 0 Å². The van der Waals surface area contributed by atoms with Crippen LogP contribution < -0.4 is 9.47 Å². The number of benzene rings is 3. The summed E-state index contributed by atoms with van der Waals surface area (Å²) in [7, 11) is 0. The van der Waals surface area contributed by atoms with Gasteiger partial charge in [-0.25, -0.2) is 0 Å². The first-order valence-corrected chi connectivity index (χ1v) is 14.6. The maximum absolute atomic E-state index is 14.3. The number of aromatic nitrogens is 1. The highest BCUT2D eigenvalue weighted by molar-refractivity contribution is 6.07. The van der Waals surface area contributed by atoms with Gasteiger partial charge >= 0.3 is 0 Å². The Balaban J connectivity index is 1.25. The largest absolute Gasteiger partial charge is 0.454 e. The molecule has 1 atom stereocenters. The second kappa shape index (κ2) is 10.9. The van der Waals surface area contributed by atoms with Crippen LogP contribution in [-0.4, -0.2) is 59.7 Å². The molecule has 40 heavy (non-hydrogen) atoms. The number of carbonyl (C=O) groups is 1. The van der Waals surface area contributed by atoms with Gasteiger partial charge in [0, 0.05) is 30.2 Å². The van der Waals surface area contributed by atoms with Crippen molar-refractivity contribution in [2.45, 2.75) is 44.6 Å². The second-order valence-corrected chi connectivity index (χ2v) is 11.2. The second-order valence-electron chi connectivity index (χ2n) is 11.2. The van der Waals surface area contributed by atoms with Crippen molar-refractivity contribution in [3.63, 3.8) is 0 Å². The highest BCUT2D eigenvalue weighted by atomic mass is 16.7. The lowest BCUT2D eigenvalue weighted by atomic mass is 9.98. The summed E-state index contributed by atoms with van der Waals surface area (Å²) in [4.78, 5) is 24.0. The topological polar surface area (TPSA) is 54.9 Å². The molecule has 2 fully saturated rings. The molecule has 6 nitrogen and oxygen atoms in total. The molecule has 3 aliphatic heterocycles. The molecule has 0 unspecified atom stereocenters. The molecule has 1 amide bonds. The molecule has 3 aromatic carbocycles. The minimum atomic E-state index is 0.137. The molecule has 4 heterocycles. The summed E-state index contributed by atoms with van der Waals surface area (Å²) in [5.41, 5.74) is 5.95. The zero-order valence-corrected chi connectivity index (χ0v) is 22.9. The van der Waals surface area contributed by atoms with E-state index in [2.05, 4.69) is 58.3 Å². The van der Waals surface area contributed by atoms with E-state index < -0.39 is 0 Å². The Bertz CT molecular complexity index is 1530. The summed E-state index contributed by atoms with van der Waals surface area (Å²) < 4.78 is 11.1. The molecule has 2 saturated heterocycles. The van der Waals surface area contributed by atoms with Crippen LogP contribution in [0.1, 0.15) is 47.3 Å². The zero-order valence-electron chi connectivity index (χ0n) is 22.9. The van der Waals surface area contributed by atoms with Crippen LogP contribution in [0.2, 0.25) is 0 Å². The van der Waals surface area contributed by atoms with Crippen LogP contribution in [0.5, 0.6) is 11.5 Å². The Morgan fingerprint density at radius 2 is 1.62 bits per heavy atom. The van der Waals surface area contributed by atoms with Crippen LogP contribution in [0.25, 0.3) is 22.0 Å². The predicted molar refractivity (Wildman–Crippen MR) is 157 cm³/mol. The molecule has 3 aliphatic rings. The van der Waals surface area contributed by atoms with Gasteiger partial charge in [0.1, 0.15) is 0 Å². The number of pyridine rings is 1. The Kier molecular flexibility index (Phi) is 6.86. The third-order valence-corrected chi connectivity index (χ3v) is 8.62. The van der Waals surface area contributed by atoms with E-state index in [9.17, 15) is 4.79 Å². The minimum Gasteiger partial charge on any atom is -0.454 e. The fourth-order valence-electron chi connectivity index (χ4n) is 6.47. The standard InChI is InChI=1S/C34H35N3O3/c38-34(37-18-6-9-28(37)22-36-16-4-5-17-36)30-21-27(13-10-24-7-2-1-3-8-24)35-31-14-11-25(19-29(30)31)26-12-15-32-33(20-26)40-23-39-32/h1-3,7-8,11-12,14-15,19-21,28H,4-6,9-10,13,16-18,22-23H2/t28-/m0/s1. The molecular formula is C34H35N3O3. The van der Waals surface area contributed by atoms with E-state index in [-0.39, 0.29) is 18.7 Å². The summed E-state index contributed by atoms with van der Waals surface area (Å²) in [6.07, 6.45) is 6.36. The lowest BCUT2D eigenvalue weighted by molar-refractivity contribution is 0.0710. The van der Waals surface area contributed by atoms with Crippen molar-refractivity contribution < 1.29 is 14.3 Å². The average Bonchev–Trinajstić information content (AvgIpc) is 3.78. The number of nitrogens with zero attached hydrogens (tertiary/aromatic N) is 3. The normalized spacial score (nSPS) is 18.6. The van der Waals surface area contributed by atoms with Gasteiger partial charge in [0.05, 0.1) is 11.1 Å². The van der Waals surface area contributed by atoms with Crippen LogP contribution >= 0.6 is 0 Å². The Morgan fingerprint density at radius 3 is 2.50 bits per heavy atom. The first-order valence-electron chi connectivity index (χ1n) is 14.6. The molecule has 0 aliphatic carbocycles. The maximum atomic E-state index is 14.3. The number of fused-ring (bicyclic) bond motifs is 2. The van der Waals surface area contributed by atoms with E-state index >= 15 is 0 Å². The fourth-order valence-corrected chi connectivity index (χ4v) is 6.47. The molecule has 6 heteroatoms.